The first kappa shape index (κ1) is 12.3. The van der Waals surface area contributed by atoms with Crippen molar-refractivity contribution in [1.82, 2.24) is 15.0 Å². The molecule has 0 fully saturated rings. The highest BCUT2D eigenvalue weighted by Crippen LogP contribution is 2.25. The number of rotatable bonds is 3. The minimum atomic E-state index is 0.609. The molecule has 0 spiro atoms. The van der Waals surface area contributed by atoms with E-state index in [1.807, 2.05) is 20.8 Å². The molecule has 0 aliphatic carbocycles. The second kappa shape index (κ2) is 5.01. The molecule has 6 heteroatoms. The van der Waals surface area contributed by atoms with Crippen molar-refractivity contribution in [2.45, 2.75) is 31.7 Å². The molecule has 0 saturated heterocycles. The van der Waals surface area contributed by atoms with Crippen molar-refractivity contribution in [2.24, 2.45) is 0 Å². The lowest BCUT2D eigenvalue weighted by atomic mass is 10.2. The maximum atomic E-state index is 5.58. The van der Waals surface area contributed by atoms with Crippen LogP contribution in [0.5, 0.6) is 0 Å². The molecule has 0 unspecified atom stereocenters. The molecule has 2 heterocycles. The van der Waals surface area contributed by atoms with Gasteiger partial charge in [-0.3, -0.25) is 0 Å². The van der Waals surface area contributed by atoms with Gasteiger partial charge in [0.05, 0.1) is 0 Å². The zero-order valence-electron chi connectivity index (χ0n) is 10.0. The number of nitrogen functional groups attached to an aromatic ring is 1. The molecule has 0 radical (unpaired) electrons. The van der Waals surface area contributed by atoms with E-state index in [1.54, 1.807) is 18.0 Å². The van der Waals surface area contributed by atoms with E-state index in [-0.39, 0.29) is 0 Å². The molecule has 0 bridgehead atoms. The Hall–Kier alpha value is -1.14. The number of nitrogens with zero attached hydrogens (tertiary/aromatic N) is 3. The Balaban J connectivity index is 2.09. The fourth-order valence-corrected chi connectivity index (χ4v) is 2.97. The van der Waals surface area contributed by atoms with Crippen molar-refractivity contribution in [2.75, 3.05) is 5.73 Å². The molecule has 0 aromatic carbocycles. The predicted octanol–water partition coefficient (Wildman–Crippen LogP) is 2.73. The third-order valence-corrected chi connectivity index (χ3v) is 4.43. The molecule has 2 aromatic rings. The third kappa shape index (κ3) is 2.95. The van der Waals surface area contributed by atoms with Crippen LogP contribution in [-0.4, -0.2) is 15.0 Å². The summed E-state index contributed by atoms with van der Waals surface area (Å²) >= 11 is 3.13. The minimum absolute atomic E-state index is 0.609. The monoisotopic (exact) mass is 266 g/mol. The van der Waals surface area contributed by atoms with Gasteiger partial charge in [0.25, 0.3) is 0 Å². The van der Waals surface area contributed by atoms with Crippen molar-refractivity contribution in [3.8, 4) is 0 Å². The van der Waals surface area contributed by atoms with Gasteiger partial charge in [0, 0.05) is 28.2 Å². The zero-order valence-corrected chi connectivity index (χ0v) is 11.7. The summed E-state index contributed by atoms with van der Waals surface area (Å²) < 4.78 is 0. The SMILES string of the molecule is Cc1nc(SCc2cnc(N)s2)nc(C)c1C. The molecule has 17 heavy (non-hydrogen) atoms. The third-order valence-electron chi connectivity index (χ3n) is 2.53. The van der Waals surface area contributed by atoms with Crippen molar-refractivity contribution >= 4 is 28.2 Å². The van der Waals surface area contributed by atoms with E-state index < -0.39 is 0 Å². The van der Waals surface area contributed by atoms with E-state index >= 15 is 0 Å². The van der Waals surface area contributed by atoms with E-state index in [1.165, 1.54) is 11.3 Å². The summed E-state index contributed by atoms with van der Waals surface area (Å²) in [6.45, 7) is 6.07. The summed E-state index contributed by atoms with van der Waals surface area (Å²) in [5.41, 5.74) is 8.84. The number of thioether (sulfide) groups is 1. The van der Waals surface area contributed by atoms with Crippen LogP contribution in [0.25, 0.3) is 0 Å². The fourth-order valence-electron chi connectivity index (χ4n) is 1.33. The van der Waals surface area contributed by atoms with Gasteiger partial charge in [-0.1, -0.05) is 11.8 Å². The molecular formula is C11H14N4S2. The van der Waals surface area contributed by atoms with Gasteiger partial charge in [-0.2, -0.15) is 0 Å². The molecule has 0 aliphatic heterocycles. The Bertz CT molecular complexity index is 513. The van der Waals surface area contributed by atoms with Crippen LogP contribution >= 0.6 is 23.1 Å². The summed E-state index contributed by atoms with van der Waals surface area (Å²) in [5, 5.41) is 1.43. The number of nitrogens with two attached hydrogens (primary N) is 1. The fraction of sp³-hybridized carbons (Fsp3) is 0.364. The predicted molar refractivity (Wildman–Crippen MR) is 72.3 cm³/mol. The molecular weight excluding hydrogens is 252 g/mol. The van der Waals surface area contributed by atoms with E-state index in [2.05, 4.69) is 15.0 Å². The Morgan fingerprint density at radius 1 is 1.24 bits per heavy atom. The second-order valence-corrected chi connectivity index (χ2v) is 5.84. The van der Waals surface area contributed by atoms with E-state index in [0.29, 0.717) is 5.13 Å². The van der Waals surface area contributed by atoms with Crippen LogP contribution in [0, 0.1) is 20.8 Å². The Morgan fingerprint density at radius 2 is 1.88 bits per heavy atom. The number of hydrogen-bond acceptors (Lipinski definition) is 6. The van der Waals surface area contributed by atoms with Gasteiger partial charge in [0.2, 0.25) is 0 Å². The highest BCUT2D eigenvalue weighted by Gasteiger charge is 2.06. The Labute approximate surface area is 109 Å². The molecule has 4 nitrogen and oxygen atoms in total. The first-order valence-corrected chi connectivity index (χ1v) is 7.01. The average molecular weight is 266 g/mol. The van der Waals surface area contributed by atoms with Crippen LogP contribution in [0.3, 0.4) is 0 Å². The minimum Gasteiger partial charge on any atom is -0.375 e. The van der Waals surface area contributed by atoms with Crippen LogP contribution in [0.2, 0.25) is 0 Å². The van der Waals surface area contributed by atoms with Crippen molar-refractivity contribution < 1.29 is 0 Å². The summed E-state index contributed by atoms with van der Waals surface area (Å²) in [5.74, 6) is 0.816. The smallest absolute Gasteiger partial charge is 0.188 e. The van der Waals surface area contributed by atoms with Gasteiger partial charge >= 0.3 is 0 Å². The lowest BCUT2D eigenvalue weighted by Gasteiger charge is -2.05. The van der Waals surface area contributed by atoms with Crippen LogP contribution in [-0.2, 0) is 5.75 Å². The standard InChI is InChI=1S/C11H14N4S2/c1-6-7(2)14-11(15-8(6)3)16-5-9-4-13-10(12)17-9/h4H,5H2,1-3H3,(H2,12,13). The highest BCUT2D eigenvalue weighted by atomic mass is 32.2. The Morgan fingerprint density at radius 3 is 2.41 bits per heavy atom. The van der Waals surface area contributed by atoms with Crippen molar-refractivity contribution in [3.63, 3.8) is 0 Å². The van der Waals surface area contributed by atoms with Gasteiger partial charge in [-0.05, 0) is 26.3 Å². The molecule has 0 saturated carbocycles. The van der Waals surface area contributed by atoms with Gasteiger partial charge < -0.3 is 5.73 Å². The molecule has 0 amide bonds. The lowest BCUT2D eigenvalue weighted by molar-refractivity contribution is 0.881. The molecule has 2 N–H and O–H groups in total. The quantitative estimate of drug-likeness (QED) is 0.683. The molecule has 0 aliphatic rings. The summed E-state index contributed by atoms with van der Waals surface area (Å²) in [6.07, 6.45) is 1.81. The molecule has 2 aromatic heterocycles. The van der Waals surface area contributed by atoms with Crippen LogP contribution in [0.15, 0.2) is 11.4 Å². The molecule has 2 rings (SSSR count). The number of aryl methyl sites for hydroxylation is 2. The van der Waals surface area contributed by atoms with Crippen LogP contribution in [0.4, 0.5) is 5.13 Å². The summed E-state index contributed by atoms with van der Waals surface area (Å²) in [7, 11) is 0. The van der Waals surface area contributed by atoms with Crippen LogP contribution < -0.4 is 5.73 Å². The van der Waals surface area contributed by atoms with Crippen molar-refractivity contribution in [3.05, 3.63) is 28.0 Å². The lowest BCUT2D eigenvalue weighted by Crippen LogP contribution is -1.97. The Kier molecular flexibility index (Phi) is 3.63. The van der Waals surface area contributed by atoms with Gasteiger partial charge in [0.15, 0.2) is 10.3 Å². The zero-order chi connectivity index (χ0) is 12.4. The number of thiazole rings is 1. The maximum Gasteiger partial charge on any atom is 0.188 e. The average Bonchev–Trinajstić information content (AvgIpc) is 2.69. The molecule has 0 atom stereocenters. The number of aromatic nitrogens is 3. The molecule has 90 valence electrons. The first-order chi connectivity index (χ1) is 8.06. The topological polar surface area (TPSA) is 64.7 Å². The number of hydrogen-bond donors (Lipinski definition) is 1. The van der Waals surface area contributed by atoms with Gasteiger partial charge in [-0.15, -0.1) is 11.3 Å². The van der Waals surface area contributed by atoms with Gasteiger partial charge in [-0.25, -0.2) is 15.0 Å². The van der Waals surface area contributed by atoms with Gasteiger partial charge in [0.1, 0.15) is 0 Å². The second-order valence-electron chi connectivity index (χ2n) is 3.76. The van der Waals surface area contributed by atoms with E-state index in [4.69, 9.17) is 5.73 Å². The highest BCUT2D eigenvalue weighted by molar-refractivity contribution is 7.98. The van der Waals surface area contributed by atoms with Crippen LogP contribution in [0.1, 0.15) is 21.8 Å². The van der Waals surface area contributed by atoms with E-state index in [9.17, 15) is 0 Å². The summed E-state index contributed by atoms with van der Waals surface area (Å²) in [6, 6.07) is 0. The normalized spacial score (nSPS) is 10.8. The van der Waals surface area contributed by atoms with Crippen molar-refractivity contribution in [1.29, 1.82) is 0 Å². The maximum absolute atomic E-state index is 5.58. The first-order valence-electron chi connectivity index (χ1n) is 5.21. The van der Waals surface area contributed by atoms with E-state index in [0.717, 1.165) is 32.7 Å². The summed E-state index contributed by atoms with van der Waals surface area (Å²) in [4.78, 5) is 14.1. The largest absolute Gasteiger partial charge is 0.375 e. The number of anilines is 1.